The first-order valence-corrected chi connectivity index (χ1v) is 16.8. The van der Waals surface area contributed by atoms with Gasteiger partial charge < -0.3 is 10.2 Å². The number of para-hydroxylation sites is 1. The molecule has 3 aromatic carbocycles. The van der Waals surface area contributed by atoms with E-state index in [4.69, 9.17) is 23.2 Å². The van der Waals surface area contributed by atoms with Crippen molar-refractivity contribution in [1.82, 2.24) is 10.2 Å². The molecule has 224 valence electrons. The number of hydrogen-bond donors (Lipinski definition) is 1. The van der Waals surface area contributed by atoms with Crippen LogP contribution in [0.1, 0.15) is 49.3 Å². The smallest absolute Gasteiger partial charge is 0.244 e. The first-order chi connectivity index (χ1) is 20.1. The second kappa shape index (κ2) is 14.4. The molecule has 1 N–H and O–H groups in total. The minimum atomic E-state index is -3.85. The van der Waals surface area contributed by atoms with Gasteiger partial charge in [0.1, 0.15) is 12.6 Å². The van der Waals surface area contributed by atoms with E-state index in [-0.39, 0.29) is 24.9 Å². The molecule has 1 atom stereocenters. The number of carbonyl (C=O) groups excluding carboxylic acids is 2. The molecule has 0 bridgehead atoms. The third-order valence-electron chi connectivity index (χ3n) is 7.65. The molecule has 0 aromatic heterocycles. The summed E-state index contributed by atoms with van der Waals surface area (Å²) in [4.78, 5) is 29.7. The van der Waals surface area contributed by atoms with E-state index in [0.717, 1.165) is 47.4 Å². The number of sulfonamides is 1. The Hall–Kier alpha value is -3.07. The maximum atomic E-state index is 14.3. The number of benzene rings is 3. The summed E-state index contributed by atoms with van der Waals surface area (Å²) in [5.74, 6) is -0.788. The quantitative estimate of drug-likeness (QED) is 0.265. The van der Waals surface area contributed by atoms with Crippen LogP contribution in [0.5, 0.6) is 0 Å². The van der Waals surface area contributed by atoms with Gasteiger partial charge in [-0.2, -0.15) is 0 Å². The fourth-order valence-electron chi connectivity index (χ4n) is 5.40. The second-order valence-electron chi connectivity index (χ2n) is 10.7. The molecule has 10 heteroatoms. The number of hydrogen-bond acceptors (Lipinski definition) is 4. The molecule has 0 heterocycles. The molecule has 3 aromatic rings. The van der Waals surface area contributed by atoms with E-state index >= 15 is 0 Å². The molecule has 0 spiro atoms. The van der Waals surface area contributed by atoms with Crippen LogP contribution in [0, 0.1) is 0 Å². The molecular formula is C32H37Cl2N3O4S. The third-order valence-corrected chi connectivity index (χ3v) is 9.36. The van der Waals surface area contributed by atoms with Crippen molar-refractivity contribution in [2.45, 2.75) is 64.1 Å². The highest BCUT2D eigenvalue weighted by molar-refractivity contribution is 7.92. The zero-order chi connectivity index (χ0) is 30.3. The summed E-state index contributed by atoms with van der Waals surface area (Å²) in [7, 11) is -3.85. The molecule has 4 rings (SSSR count). The van der Waals surface area contributed by atoms with Gasteiger partial charge in [-0.05, 0) is 54.2 Å². The summed E-state index contributed by atoms with van der Waals surface area (Å²) < 4.78 is 27.3. The highest BCUT2D eigenvalue weighted by Crippen LogP contribution is 2.27. The lowest BCUT2D eigenvalue weighted by molar-refractivity contribution is -0.140. The molecule has 0 aliphatic heterocycles. The molecular weight excluding hydrogens is 593 g/mol. The van der Waals surface area contributed by atoms with E-state index in [1.807, 2.05) is 49.4 Å². The molecule has 1 aliphatic rings. The Kier molecular flexibility index (Phi) is 10.9. The van der Waals surface area contributed by atoms with Gasteiger partial charge in [0.2, 0.25) is 21.8 Å². The SMILES string of the molecule is CCc1ccccc1N(CC(=O)N(Cc1ccc(Cl)cc1Cl)[C@H](Cc1ccccc1)C(=O)NC1CCCC1)S(C)(=O)=O. The highest BCUT2D eigenvalue weighted by atomic mass is 35.5. The van der Waals surface area contributed by atoms with Gasteiger partial charge in [-0.15, -0.1) is 0 Å². The molecule has 1 fully saturated rings. The molecule has 7 nitrogen and oxygen atoms in total. The van der Waals surface area contributed by atoms with Crippen molar-refractivity contribution in [3.05, 3.63) is 99.5 Å². The lowest BCUT2D eigenvalue weighted by Crippen LogP contribution is -2.54. The van der Waals surface area contributed by atoms with Crippen molar-refractivity contribution in [2.24, 2.45) is 0 Å². The Balaban J connectivity index is 1.76. The van der Waals surface area contributed by atoms with Crippen molar-refractivity contribution >= 4 is 50.7 Å². The predicted octanol–water partition coefficient (Wildman–Crippen LogP) is 6.02. The Morgan fingerprint density at radius 1 is 0.952 bits per heavy atom. The van der Waals surface area contributed by atoms with Crippen molar-refractivity contribution in [1.29, 1.82) is 0 Å². The molecule has 1 saturated carbocycles. The fourth-order valence-corrected chi connectivity index (χ4v) is 6.75. The lowest BCUT2D eigenvalue weighted by atomic mass is 10.0. The minimum Gasteiger partial charge on any atom is -0.352 e. The lowest BCUT2D eigenvalue weighted by Gasteiger charge is -2.34. The molecule has 1 aliphatic carbocycles. The summed E-state index contributed by atoms with van der Waals surface area (Å²) in [6.07, 6.45) is 5.77. The summed E-state index contributed by atoms with van der Waals surface area (Å²) >= 11 is 12.7. The maximum Gasteiger partial charge on any atom is 0.244 e. The van der Waals surface area contributed by atoms with Crippen LogP contribution in [0.4, 0.5) is 5.69 Å². The van der Waals surface area contributed by atoms with E-state index < -0.39 is 28.5 Å². The predicted molar refractivity (Wildman–Crippen MR) is 169 cm³/mol. The van der Waals surface area contributed by atoms with Gasteiger partial charge in [0, 0.05) is 29.1 Å². The number of nitrogens with one attached hydrogen (secondary N) is 1. The Bertz CT molecular complexity index is 1490. The van der Waals surface area contributed by atoms with E-state index in [2.05, 4.69) is 5.32 Å². The van der Waals surface area contributed by atoms with Gasteiger partial charge in [0.25, 0.3) is 0 Å². The van der Waals surface area contributed by atoms with Gasteiger partial charge in [0.15, 0.2) is 0 Å². The number of carbonyl (C=O) groups is 2. The van der Waals surface area contributed by atoms with Crippen molar-refractivity contribution in [3.8, 4) is 0 Å². The van der Waals surface area contributed by atoms with E-state index in [9.17, 15) is 18.0 Å². The van der Waals surface area contributed by atoms with Crippen molar-refractivity contribution in [3.63, 3.8) is 0 Å². The highest BCUT2D eigenvalue weighted by Gasteiger charge is 2.34. The topological polar surface area (TPSA) is 86.8 Å². The maximum absolute atomic E-state index is 14.3. The van der Waals surface area contributed by atoms with E-state index in [0.29, 0.717) is 27.7 Å². The van der Waals surface area contributed by atoms with Crippen LogP contribution in [0.3, 0.4) is 0 Å². The Morgan fingerprint density at radius 3 is 2.26 bits per heavy atom. The van der Waals surface area contributed by atoms with Crippen LogP contribution < -0.4 is 9.62 Å². The van der Waals surface area contributed by atoms with Gasteiger partial charge in [0.05, 0.1) is 11.9 Å². The molecule has 2 amide bonds. The van der Waals surface area contributed by atoms with E-state index in [1.165, 1.54) is 4.90 Å². The summed E-state index contributed by atoms with van der Waals surface area (Å²) in [5, 5.41) is 3.96. The summed E-state index contributed by atoms with van der Waals surface area (Å²) in [5.41, 5.74) is 2.71. The summed E-state index contributed by atoms with van der Waals surface area (Å²) in [6, 6.07) is 20.7. The van der Waals surface area contributed by atoms with Gasteiger partial charge in [-0.1, -0.05) is 97.6 Å². The van der Waals surface area contributed by atoms with E-state index in [1.54, 1.807) is 30.3 Å². The van der Waals surface area contributed by atoms with Crippen LogP contribution in [0.15, 0.2) is 72.8 Å². The normalized spacial score (nSPS) is 14.4. The van der Waals surface area contributed by atoms with Gasteiger partial charge in [-0.3, -0.25) is 13.9 Å². The Labute approximate surface area is 258 Å². The minimum absolute atomic E-state index is 0.00253. The molecule has 42 heavy (non-hydrogen) atoms. The molecule has 0 unspecified atom stereocenters. The third kappa shape index (κ3) is 8.27. The number of anilines is 1. The monoisotopic (exact) mass is 629 g/mol. The van der Waals surface area contributed by atoms with Crippen LogP contribution >= 0.6 is 23.2 Å². The zero-order valence-electron chi connectivity index (χ0n) is 23.9. The molecule has 0 radical (unpaired) electrons. The van der Waals surface area contributed by atoms with Crippen LogP contribution in [-0.2, 0) is 39.0 Å². The van der Waals surface area contributed by atoms with Gasteiger partial charge in [-0.25, -0.2) is 8.42 Å². The second-order valence-corrected chi connectivity index (χ2v) is 13.5. The summed E-state index contributed by atoms with van der Waals surface area (Å²) in [6.45, 7) is 1.46. The number of nitrogens with zero attached hydrogens (tertiary/aromatic N) is 2. The average Bonchev–Trinajstić information content (AvgIpc) is 3.47. The first kappa shape index (κ1) is 31.9. The molecule has 0 saturated heterocycles. The number of aryl methyl sites for hydroxylation is 1. The zero-order valence-corrected chi connectivity index (χ0v) is 26.3. The van der Waals surface area contributed by atoms with Crippen molar-refractivity contribution in [2.75, 3.05) is 17.1 Å². The van der Waals surface area contributed by atoms with Crippen LogP contribution in [0.25, 0.3) is 0 Å². The number of rotatable bonds is 12. The van der Waals surface area contributed by atoms with Crippen LogP contribution in [-0.4, -0.2) is 50.0 Å². The standard InChI is InChI=1S/C32H37Cl2N3O4S/c1-3-24-13-7-10-16-29(24)37(42(2,40)41)22-31(38)36(21-25-17-18-26(33)20-28(25)34)30(19-23-11-5-4-6-12-23)32(39)35-27-14-8-9-15-27/h4-7,10-13,16-18,20,27,30H,3,8-9,14-15,19,21-22H2,1-2H3,(H,35,39)/t30-/m1/s1. The number of halogens is 2. The largest absolute Gasteiger partial charge is 0.352 e. The van der Waals surface area contributed by atoms with Gasteiger partial charge >= 0.3 is 0 Å². The fraction of sp³-hybridized carbons (Fsp3) is 0.375. The average molecular weight is 631 g/mol. The Morgan fingerprint density at radius 2 is 1.62 bits per heavy atom. The number of amides is 2. The van der Waals surface area contributed by atoms with Crippen molar-refractivity contribution < 1.29 is 18.0 Å². The van der Waals surface area contributed by atoms with Crippen LogP contribution in [0.2, 0.25) is 10.0 Å². The first-order valence-electron chi connectivity index (χ1n) is 14.2.